The molecule has 0 atom stereocenters. The summed E-state index contributed by atoms with van der Waals surface area (Å²) in [6.07, 6.45) is 1.89. The van der Waals surface area contributed by atoms with Crippen LogP contribution in [0, 0.1) is 3.95 Å². The number of aromatic nitrogens is 3. The SMILES string of the molecule is CCCCn1c(SCc2ccc(Cl)cc2)nc2c(sc(=S)n2-c2ccccc2OC)c1=O. The smallest absolute Gasteiger partial charge is 0.273 e. The molecule has 5 nitrogen and oxygen atoms in total. The summed E-state index contributed by atoms with van der Waals surface area (Å²) in [6.45, 7) is 2.74. The second-order valence-corrected chi connectivity index (χ2v) is 10.2. The van der Waals surface area contributed by atoms with Crippen LogP contribution in [0.4, 0.5) is 0 Å². The van der Waals surface area contributed by atoms with Crippen LogP contribution in [-0.4, -0.2) is 21.2 Å². The summed E-state index contributed by atoms with van der Waals surface area (Å²) >= 11 is 14.5. The van der Waals surface area contributed by atoms with Gasteiger partial charge in [0.25, 0.3) is 5.56 Å². The molecule has 0 radical (unpaired) electrons. The van der Waals surface area contributed by atoms with E-state index in [1.165, 1.54) is 11.3 Å². The predicted molar refractivity (Wildman–Crippen MR) is 137 cm³/mol. The van der Waals surface area contributed by atoms with Gasteiger partial charge in [-0.3, -0.25) is 13.9 Å². The molecule has 2 heterocycles. The summed E-state index contributed by atoms with van der Waals surface area (Å²) in [5.74, 6) is 1.36. The monoisotopic (exact) mass is 503 g/mol. The fourth-order valence-electron chi connectivity index (χ4n) is 3.35. The molecule has 2 aromatic heterocycles. The number of nitrogens with zero attached hydrogens (tertiary/aromatic N) is 3. The number of rotatable bonds is 8. The van der Waals surface area contributed by atoms with E-state index in [2.05, 4.69) is 6.92 Å². The molecular weight excluding hydrogens is 482 g/mol. The van der Waals surface area contributed by atoms with Gasteiger partial charge in [0.2, 0.25) is 0 Å². The Labute approximate surface area is 204 Å². The molecule has 0 bridgehead atoms. The number of para-hydroxylation sites is 2. The van der Waals surface area contributed by atoms with E-state index in [1.807, 2.05) is 53.1 Å². The fraction of sp³-hybridized carbons (Fsp3) is 0.261. The van der Waals surface area contributed by atoms with Gasteiger partial charge < -0.3 is 4.74 Å². The van der Waals surface area contributed by atoms with Crippen molar-refractivity contribution in [2.45, 2.75) is 37.2 Å². The summed E-state index contributed by atoms with van der Waals surface area (Å²) < 4.78 is 10.3. The quantitative estimate of drug-likeness (QED) is 0.151. The van der Waals surface area contributed by atoms with E-state index in [-0.39, 0.29) is 5.56 Å². The maximum absolute atomic E-state index is 13.5. The van der Waals surface area contributed by atoms with Gasteiger partial charge in [0.1, 0.15) is 10.4 Å². The molecule has 0 fully saturated rings. The normalized spacial score (nSPS) is 11.2. The van der Waals surface area contributed by atoms with Gasteiger partial charge in [-0.05, 0) is 48.5 Å². The highest BCUT2D eigenvalue weighted by Crippen LogP contribution is 2.31. The van der Waals surface area contributed by atoms with Gasteiger partial charge in [-0.15, -0.1) is 0 Å². The number of thioether (sulfide) groups is 1. The van der Waals surface area contributed by atoms with E-state index in [0.717, 1.165) is 24.1 Å². The van der Waals surface area contributed by atoms with Crippen LogP contribution in [0.15, 0.2) is 58.5 Å². The number of unbranched alkanes of at least 4 members (excludes halogenated alkanes) is 1. The lowest BCUT2D eigenvalue weighted by atomic mass is 10.2. The molecule has 0 aliphatic heterocycles. The summed E-state index contributed by atoms with van der Waals surface area (Å²) in [6, 6.07) is 15.3. The summed E-state index contributed by atoms with van der Waals surface area (Å²) in [5, 5.41) is 1.38. The molecule has 0 unspecified atom stereocenters. The topological polar surface area (TPSA) is 49.0 Å². The van der Waals surface area contributed by atoms with Crippen LogP contribution in [0.3, 0.4) is 0 Å². The first-order valence-electron chi connectivity index (χ1n) is 10.2. The molecule has 4 rings (SSSR count). The highest BCUT2D eigenvalue weighted by atomic mass is 35.5. The van der Waals surface area contributed by atoms with E-state index >= 15 is 0 Å². The Balaban J connectivity index is 1.86. The van der Waals surface area contributed by atoms with Crippen LogP contribution in [0.1, 0.15) is 25.3 Å². The number of methoxy groups -OCH3 is 1. The maximum atomic E-state index is 13.5. The average molecular weight is 504 g/mol. The molecule has 0 amide bonds. The number of halogens is 1. The van der Waals surface area contributed by atoms with Crippen LogP contribution >= 0.6 is 46.9 Å². The lowest BCUT2D eigenvalue weighted by molar-refractivity contribution is 0.413. The Kier molecular flexibility index (Phi) is 7.35. The van der Waals surface area contributed by atoms with Crippen molar-refractivity contribution in [1.29, 1.82) is 0 Å². The van der Waals surface area contributed by atoms with E-state index in [9.17, 15) is 4.79 Å². The Morgan fingerprint density at radius 2 is 1.94 bits per heavy atom. The van der Waals surface area contributed by atoms with E-state index in [4.69, 9.17) is 33.5 Å². The second kappa shape index (κ2) is 10.2. The molecule has 2 aromatic carbocycles. The van der Waals surface area contributed by atoms with Crippen molar-refractivity contribution in [2.24, 2.45) is 0 Å². The van der Waals surface area contributed by atoms with Gasteiger partial charge in [0, 0.05) is 17.3 Å². The Morgan fingerprint density at radius 3 is 2.66 bits per heavy atom. The Hall–Kier alpha value is -2.13. The van der Waals surface area contributed by atoms with Crippen LogP contribution < -0.4 is 10.3 Å². The van der Waals surface area contributed by atoms with Crippen LogP contribution in [0.25, 0.3) is 16.0 Å². The summed E-state index contributed by atoms with van der Waals surface area (Å²) in [4.78, 5) is 18.4. The zero-order valence-corrected chi connectivity index (χ0v) is 20.9. The number of ether oxygens (including phenoxy) is 1. The molecular formula is C23H22ClN3O2S3. The molecule has 0 spiro atoms. The molecule has 32 heavy (non-hydrogen) atoms. The third-order valence-corrected chi connectivity index (χ3v) is 7.65. The third kappa shape index (κ3) is 4.64. The molecule has 0 aliphatic carbocycles. The first-order valence-corrected chi connectivity index (χ1v) is 12.8. The molecule has 166 valence electrons. The number of hydrogen-bond acceptors (Lipinski definition) is 6. The average Bonchev–Trinajstić information content (AvgIpc) is 3.14. The number of hydrogen-bond donors (Lipinski definition) is 0. The minimum atomic E-state index is -0.0493. The summed E-state index contributed by atoms with van der Waals surface area (Å²) in [5.41, 5.74) is 2.41. The zero-order valence-electron chi connectivity index (χ0n) is 17.7. The van der Waals surface area contributed by atoms with Crippen molar-refractivity contribution >= 4 is 57.3 Å². The largest absolute Gasteiger partial charge is 0.495 e. The van der Waals surface area contributed by atoms with Crippen molar-refractivity contribution in [2.75, 3.05) is 7.11 Å². The van der Waals surface area contributed by atoms with Crippen molar-refractivity contribution in [3.8, 4) is 11.4 Å². The van der Waals surface area contributed by atoms with Crippen molar-refractivity contribution in [1.82, 2.24) is 14.1 Å². The zero-order chi connectivity index (χ0) is 22.7. The van der Waals surface area contributed by atoms with E-state index in [1.54, 1.807) is 23.4 Å². The van der Waals surface area contributed by atoms with Gasteiger partial charge in [-0.2, -0.15) is 0 Å². The second-order valence-electron chi connectivity index (χ2n) is 7.15. The third-order valence-electron chi connectivity index (χ3n) is 5.00. The minimum Gasteiger partial charge on any atom is -0.495 e. The fourth-order valence-corrected chi connectivity index (χ4v) is 5.75. The van der Waals surface area contributed by atoms with Crippen LogP contribution in [-0.2, 0) is 12.3 Å². The minimum absolute atomic E-state index is 0.0493. The van der Waals surface area contributed by atoms with Gasteiger partial charge in [0.15, 0.2) is 14.8 Å². The lowest BCUT2D eigenvalue weighted by Gasteiger charge is -2.13. The highest BCUT2D eigenvalue weighted by molar-refractivity contribution is 7.98. The van der Waals surface area contributed by atoms with Gasteiger partial charge >= 0.3 is 0 Å². The molecule has 0 saturated heterocycles. The summed E-state index contributed by atoms with van der Waals surface area (Å²) in [7, 11) is 1.62. The maximum Gasteiger partial charge on any atom is 0.273 e. The predicted octanol–water partition coefficient (Wildman–Crippen LogP) is 6.73. The standard InChI is InChI=1S/C23H22ClN3O2S3/c1-3-4-13-26-21(28)19-20(25-22(26)31-14-15-9-11-16(24)12-10-15)27(23(30)32-19)17-7-5-6-8-18(17)29-2/h5-12H,3-4,13-14H2,1-2H3. The van der Waals surface area contributed by atoms with Crippen molar-refractivity contribution in [3.05, 3.63) is 73.4 Å². The van der Waals surface area contributed by atoms with Gasteiger partial charge in [-0.1, -0.05) is 72.3 Å². The van der Waals surface area contributed by atoms with Gasteiger partial charge in [-0.25, -0.2) is 4.98 Å². The number of benzene rings is 2. The van der Waals surface area contributed by atoms with E-state index in [0.29, 0.717) is 42.5 Å². The highest BCUT2D eigenvalue weighted by Gasteiger charge is 2.19. The molecule has 0 saturated carbocycles. The van der Waals surface area contributed by atoms with E-state index < -0.39 is 0 Å². The lowest BCUT2D eigenvalue weighted by Crippen LogP contribution is -2.23. The van der Waals surface area contributed by atoms with Crippen molar-refractivity contribution < 1.29 is 4.74 Å². The number of thiazole rings is 1. The first-order chi connectivity index (χ1) is 15.5. The Bertz CT molecular complexity index is 1360. The Morgan fingerprint density at radius 1 is 1.19 bits per heavy atom. The molecule has 0 N–H and O–H groups in total. The molecule has 4 aromatic rings. The first kappa shape index (κ1) is 23.0. The van der Waals surface area contributed by atoms with Gasteiger partial charge in [0.05, 0.1) is 12.8 Å². The molecule has 9 heteroatoms. The van der Waals surface area contributed by atoms with Crippen LogP contribution in [0.5, 0.6) is 5.75 Å². The van der Waals surface area contributed by atoms with Crippen LogP contribution in [0.2, 0.25) is 5.02 Å². The number of fused-ring (bicyclic) bond motifs is 1. The van der Waals surface area contributed by atoms with Crippen molar-refractivity contribution in [3.63, 3.8) is 0 Å². The molecule has 0 aliphatic rings.